The van der Waals surface area contributed by atoms with Crippen LogP contribution in [0.3, 0.4) is 0 Å². The molecule has 6 heteroatoms. The second kappa shape index (κ2) is 7.56. The average molecular weight is 295 g/mol. The lowest BCUT2D eigenvalue weighted by atomic mass is 9.95. The van der Waals surface area contributed by atoms with Gasteiger partial charge in [-0.3, -0.25) is 0 Å². The third-order valence-corrected chi connectivity index (χ3v) is 3.30. The van der Waals surface area contributed by atoms with Gasteiger partial charge in [-0.1, -0.05) is 34.1 Å². The zero-order valence-electron chi connectivity index (χ0n) is 14.1. The lowest BCUT2D eigenvalue weighted by Crippen LogP contribution is -2.28. The van der Waals surface area contributed by atoms with Gasteiger partial charge in [-0.2, -0.15) is 0 Å². The molecule has 6 nitrogen and oxygen atoms in total. The molecule has 0 radical (unpaired) electrons. The van der Waals surface area contributed by atoms with Crippen LogP contribution < -0.4 is 16.6 Å². The molecule has 0 aliphatic heterocycles. The summed E-state index contributed by atoms with van der Waals surface area (Å²) in [4.78, 5) is 9.19. The SMILES string of the molecule is CCCC(COC)Nc1nc(C(C)(C)C)nc(NN)c1C. The standard InChI is InChI=1S/C15H29N5O/c1-7-8-11(9-21-6)17-12-10(2)13(20-16)19-14(18-12)15(3,4)5/h11H,7-9,16H2,1-6H3,(H2,17,18,19,20). The van der Waals surface area contributed by atoms with Crippen molar-refractivity contribution in [2.75, 3.05) is 24.5 Å². The van der Waals surface area contributed by atoms with Crippen LogP contribution in [-0.4, -0.2) is 29.7 Å². The van der Waals surface area contributed by atoms with E-state index in [1.807, 2.05) is 6.92 Å². The van der Waals surface area contributed by atoms with Gasteiger partial charge in [0.15, 0.2) is 0 Å². The van der Waals surface area contributed by atoms with Crippen LogP contribution in [0, 0.1) is 6.92 Å². The molecule has 120 valence electrons. The summed E-state index contributed by atoms with van der Waals surface area (Å²) in [5.41, 5.74) is 3.44. The van der Waals surface area contributed by atoms with Gasteiger partial charge < -0.3 is 15.5 Å². The number of hydrogen-bond donors (Lipinski definition) is 3. The van der Waals surface area contributed by atoms with Gasteiger partial charge in [0.2, 0.25) is 0 Å². The molecule has 0 aliphatic rings. The number of ether oxygens (including phenoxy) is 1. The molecule has 4 N–H and O–H groups in total. The number of nitrogens with zero attached hydrogens (tertiary/aromatic N) is 2. The predicted octanol–water partition coefficient (Wildman–Crippen LogP) is 2.60. The number of anilines is 2. The van der Waals surface area contributed by atoms with Crippen LogP contribution in [0.5, 0.6) is 0 Å². The fourth-order valence-electron chi connectivity index (χ4n) is 2.07. The highest BCUT2D eigenvalue weighted by Crippen LogP contribution is 2.26. The monoisotopic (exact) mass is 295 g/mol. The Labute approximate surface area is 127 Å². The summed E-state index contributed by atoms with van der Waals surface area (Å²) in [5.74, 6) is 7.82. The van der Waals surface area contributed by atoms with Gasteiger partial charge in [-0.25, -0.2) is 15.8 Å². The first-order valence-corrected chi connectivity index (χ1v) is 7.44. The topological polar surface area (TPSA) is 85.1 Å². The number of hydrogen-bond acceptors (Lipinski definition) is 6. The molecule has 0 saturated heterocycles. The number of nitrogens with two attached hydrogens (primary N) is 1. The highest BCUT2D eigenvalue weighted by molar-refractivity contribution is 5.57. The van der Waals surface area contributed by atoms with Crippen LogP contribution in [0.2, 0.25) is 0 Å². The molecule has 0 aliphatic carbocycles. The number of nitrogens with one attached hydrogen (secondary N) is 2. The Bertz CT molecular complexity index is 450. The van der Waals surface area contributed by atoms with Crippen molar-refractivity contribution in [2.24, 2.45) is 5.84 Å². The minimum Gasteiger partial charge on any atom is -0.383 e. The largest absolute Gasteiger partial charge is 0.383 e. The van der Waals surface area contributed by atoms with E-state index < -0.39 is 0 Å². The molecular weight excluding hydrogens is 266 g/mol. The number of methoxy groups -OCH3 is 1. The summed E-state index contributed by atoms with van der Waals surface area (Å²) in [6.07, 6.45) is 2.10. The summed E-state index contributed by atoms with van der Waals surface area (Å²) in [6.45, 7) is 11.0. The molecule has 1 heterocycles. The number of hydrazine groups is 1. The van der Waals surface area contributed by atoms with Crippen LogP contribution in [0.15, 0.2) is 0 Å². The molecule has 0 amide bonds. The van der Waals surface area contributed by atoms with E-state index in [2.05, 4.69) is 48.4 Å². The Morgan fingerprint density at radius 1 is 1.24 bits per heavy atom. The van der Waals surface area contributed by atoms with Crippen molar-refractivity contribution >= 4 is 11.6 Å². The fourth-order valence-corrected chi connectivity index (χ4v) is 2.07. The molecular formula is C15H29N5O. The van der Waals surface area contributed by atoms with Crippen LogP contribution in [0.1, 0.15) is 51.9 Å². The third kappa shape index (κ3) is 4.82. The normalized spacial score (nSPS) is 13.1. The van der Waals surface area contributed by atoms with Crippen molar-refractivity contribution in [3.63, 3.8) is 0 Å². The second-order valence-corrected chi connectivity index (χ2v) is 6.35. The molecule has 0 fully saturated rings. The molecule has 1 aromatic rings. The lowest BCUT2D eigenvalue weighted by Gasteiger charge is -2.23. The first-order valence-electron chi connectivity index (χ1n) is 7.44. The second-order valence-electron chi connectivity index (χ2n) is 6.35. The van der Waals surface area contributed by atoms with Crippen molar-refractivity contribution < 1.29 is 4.74 Å². The molecule has 1 aromatic heterocycles. The molecule has 0 saturated carbocycles. The van der Waals surface area contributed by atoms with Crippen molar-refractivity contribution in [3.8, 4) is 0 Å². The van der Waals surface area contributed by atoms with Crippen LogP contribution >= 0.6 is 0 Å². The number of nitrogen functional groups attached to an aromatic ring is 1. The molecule has 0 bridgehead atoms. The van der Waals surface area contributed by atoms with Gasteiger partial charge in [0, 0.05) is 18.1 Å². The first kappa shape index (κ1) is 17.7. The molecule has 1 unspecified atom stereocenters. The minimum atomic E-state index is -0.142. The van der Waals surface area contributed by atoms with Gasteiger partial charge >= 0.3 is 0 Å². The predicted molar refractivity (Wildman–Crippen MR) is 87.5 cm³/mol. The number of aromatic nitrogens is 2. The molecule has 21 heavy (non-hydrogen) atoms. The molecule has 0 aromatic carbocycles. The highest BCUT2D eigenvalue weighted by Gasteiger charge is 2.22. The van der Waals surface area contributed by atoms with Crippen LogP contribution in [0.25, 0.3) is 0 Å². The summed E-state index contributed by atoms with van der Waals surface area (Å²) in [5, 5.41) is 3.46. The van der Waals surface area contributed by atoms with Gasteiger partial charge in [-0.15, -0.1) is 0 Å². The lowest BCUT2D eigenvalue weighted by molar-refractivity contribution is 0.182. The van der Waals surface area contributed by atoms with E-state index in [0.717, 1.165) is 30.0 Å². The molecule has 1 atom stereocenters. The Kier molecular flexibility index (Phi) is 6.36. The quantitative estimate of drug-likeness (QED) is 0.529. The van der Waals surface area contributed by atoms with Gasteiger partial charge in [0.05, 0.1) is 12.6 Å². The minimum absolute atomic E-state index is 0.142. The van der Waals surface area contributed by atoms with E-state index in [1.165, 1.54) is 0 Å². The Balaban J connectivity index is 3.14. The third-order valence-electron chi connectivity index (χ3n) is 3.30. The van der Waals surface area contributed by atoms with Gasteiger partial charge in [0.1, 0.15) is 17.5 Å². The number of rotatable bonds is 7. The summed E-state index contributed by atoms with van der Waals surface area (Å²) in [6, 6.07) is 0.229. The van der Waals surface area contributed by atoms with Gasteiger partial charge in [-0.05, 0) is 13.3 Å². The summed E-state index contributed by atoms with van der Waals surface area (Å²) < 4.78 is 5.28. The van der Waals surface area contributed by atoms with E-state index in [9.17, 15) is 0 Å². The Morgan fingerprint density at radius 2 is 1.86 bits per heavy atom. The fraction of sp³-hybridized carbons (Fsp3) is 0.733. The first-order chi connectivity index (χ1) is 9.83. The van der Waals surface area contributed by atoms with Crippen molar-refractivity contribution in [3.05, 3.63) is 11.4 Å². The Hall–Kier alpha value is -1.40. The maximum Gasteiger partial charge on any atom is 0.148 e. The van der Waals surface area contributed by atoms with E-state index >= 15 is 0 Å². The maximum atomic E-state index is 5.59. The Morgan fingerprint density at radius 3 is 2.33 bits per heavy atom. The zero-order chi connectivity index (χ0) is 16.0. The zero-order valence-corrected chi connectivity index (χ0v) is 14.1. The van der Waals surface area contributed by atoms with E-state index in [0.29, 0.717) is 12.4 Å². The van der Waals surface area contributed by atoms with Crippen molar-refractivity contribution in [2.45, 2.75) is 58.9 Å². The summed E-state index contributed by atoms with van der Waals surface area (Å²) >= 11 is 0. The van der Waals surface area contributed by atoms with Crippen molar-refractivity contribution in [1.29, 1.82) is 0 Å². The van der Waals surface area contributed by atoms with Crippen molar-refractivity contribution in [1.82, 2.24) is 9.97 Å². The maximum absolute atomic E-state index is 5.59. The van der Waals surface area contributed by atoms with Gasteiger partial charge in [0.25, 0.3) is 0 Å². The summed E-state index contributed by atoms with van der Waals surface area (Å²) in [7, 11) is 1.71. The van der Waals surface area contributed by atoms with Crippen LogP contribution in [0.4, 0.5) is 11.6 Å². The molecule has 1 rings (SSSR count). The highest BCUT2D eigenvalue weighted by atomic mass is 16.5. The van der Waals surface area contributed by atoms with E-state index in [-0.39, 0.29) is 11.5 Å². The van der Waals surface area contributed by atoms with Crippen LogP contribution in [-0.2, 0) is 10.2 Å². The smallest absolute Gasteiger partial charge is 0.148 e. The molecule has 0 spiro atoms. The average Bonchev–Trinajstić information content (AvgIpc) is 2.40. The van der Waals surface area contributed by atoms with E-state index in [1.54, 1.807) is 7.11 Å². The van der Waals surface area contributed by atoms with E-state index in [4.69, 9.17) is 10.6 Å².